The number of hydrogen-bond acceptors (Lipinski definition) is 1. The maximum Gasteiger partial charge on any atom is 0.140 e. The van der Waals surface area contributed by atoms with Crippen molar-refractivity contribution in [3.63, 3.8) is 0 Å². The van der Waals surface area contributed by atoms with Gasteiger partial charge in [0.1, 0.15) is 13.5 Å². The molecule has 17 heavy (non-hydrogen) atoms. The summed E-state index contributed by atoms with van der Waals surface area (Å²) in [5.74, 6) is 0. The summed E-state index contributed by atoms with van der Waals surface area (Å²) in [6.45, 7) is 15.8. The minimum atomic E-state index is -1.82. The molecule has 0 heterocycles. The molecular weight excluding hydrogens is 224 g/mol. The van der Waals surface area contributed by atoms with Crippen LogP contribution in [0.2, 0.25) is 16.6 Å². The van der Waals surface area contributed by atoms with Crippen LogP contribution in [0, 0.1) is 0 Å². The van der Waals surface area contributed by atoms with E-state index in [1.54, 1.807) is 0 Å². The second-order valence-electron chi connectivity index (χ2n) is 6.28. The van der Waals surface area contributed by atoms with Crippen molar-refractivity contribution in [2.24, 2.45) is 0 Å². The van der Waals surface area contributed by atoms with Crippen LogP contribution in [0.5, 0.6) is 0 Å². The third kappa shape index (κ3) is 3.67. The zero-order chi connectivity index (χ0) is 13.6. The first-order chi connectivity index (χ1) is 7.81. The van der Waals surface area contributed by atoms with Gasteiger partial charge in [-0.15, -0.1) is 0 Å². The Morgan fingerprint density at radius 2 is 1.29 bits per heavy atom. The first kappa shape index (κ1) is 16.9. The molecular formula is C15H32OSi. The van der Waals surface area contributed by atoms with Crippen molar-refractivity contribution in [2.45, 2.75) is 90.8 Å². The molecule has 0 atom stereocenters. The highest BCUT2D eigenvalue weighted by Gasteiger charge is 2.48. The second kappa shape index (κ2) is 7.35. The number of rotatable bonds is 8. The fourth-order valence-electron chi connectivity index (χ4n) is 3.72. The van der Waals surface area contributed by atoms with E-state index in [0.717, 1.165) is 12.8 Å². The molecule has 0 radical (unpaired) electrons. The summed E-state index contributed by atoms with van der Waals surface area (Å²) in [7, 11) is -1.82. The van der Waals surface area contributed by atoms with Gasteiger partial charge >= 0.3 is 0 Å². The van der Waals surface area contributed by atoms with Gasteiger partial charge in [-0.3, -0.25) is 0 Å². The molecule has 0 fully saturated rings. The van der Waals surface area contributed by atoms with E-state index >= 15 is 0 Å². The standard InChI is InChI=1S/C15H32OSi/c1-8-9-10-11-15(16)17(12(2)3,13(4)5)14(6)7/h12-14H,8-11H2,1-7H3. The van der Waals surface area contributed by atoms with Crippen LogP contribution in [0.15, 0.2) is 0 Å². The van der Waals surface area contributed by atoms with Crippen molar-refractivity contribution in [2.75, 3.05) is 0 Å². The predicted molar refractivity (Wildman–Crippen MR) is 80.2 cm³/mol. The molecule has 1 nitrogen and oxygen atoms in total. The van der Waals surface area contributed by atoms with Crippen molar-refractivity contribution >= 4 is 13.5 Å². The molecule has 0 aromatic heterocycles. The summed E-state index contributed by atoms with van der Waals surface area (Å²) in [6, 6.07) is 0. The van der Waals surface area contributed by atoms with Crippen LogP contribution in [0.4, 0.5) is 0 Å². The van der Waals surface area contributed by atoms with Gasteiger partial charge in [0.05, 0.1) is 0 Å². The smallest absolute Gasteiger partial charge is 0.140 e. The van der Waals surface area contributed by atoms with Crippen molar-refractivity contribution in [1.82, 2.24) is 0 Å². The van der Waals surface area contributed by atoms with Crippen molar-refractivity contribution in [3.05, 3.63) is 0 Å². The third-order valence-corrected chi connectivity index (χ3v) is 11.3. The molecule has 0 amide bonds. The quantitative estimate of drug-likeness (QED) is 0.422. The van der Waals surface area contributed by atoms with Crippen LogP contribution in [-0.4, -0.2) is 13.5 Å². The first-order valence-electron chi connectivity index (χ1n) is 7.34. The van der Waals surface area contributed by atoms with E-state index in [2.05, 4.69) is 48.5 Å². The van der Waals surface area contributed by atoms with E-state index in [-0.39, 0.29) is 0 Å². The van der Waals surface area contributed by atoms with Crippen LogP contribution in [0.25, 0.3) is 0 Å². The van der Waals surface area contributed by atoms with Gasteiger partial charge in [0.2, 0.25) is 0 Å². The molecule has 2 heteroatoms. The normalized spacial score (nSPS) is 12.8. The average molecular weight is 257 g/mol. The van der Waals surface area contributed by atoms with Gasteiger partial charge < -0.3 is 4.79 Å². The van der Waals surface area contributed by atoms with Crippen molar-refractivity contribution in [3.8, 4) is 0 Å². The molecule has 102 valence electrons. The topological polar surface area (TPSA) is 17.1 Å². The summed E-state index contributed by atoms with van der Waals surface area (Å²) < 4.78 is 0. The van der Waals surface area contributed by atoms with E-state index in [1.807, 2.05) is 0 Å². The summed E-state index contributed by atoms with van der Waals surface area (Å²) in [5, 5.41) is 0.631. The predicted octanol–water partition coefficient (Wildman–Crippen LogP) is 5.35. The molecule has 0 aromatic rings. The molecule has 0 aliphatic carbocycles. The zero-order valence-electron chi connectivity index (χ0n) is 13.0. The Bertz CT molecular complexity index is 209. The SMILES string of the molecule is CCCCCC(=O)[Si](C(C)C)(C(C)C)C(C)C. The second-order valence-corrected chi connectivity index (χ2v) is 12.2. The Labute approximate surface area is 109 Å². The largest absolute Gasteiger partial charge is 0.305 e. The van der Waals surface area contributed by atoms with Gasteiger partial charge in [0.15, 0.2) is 0 Å². The molecule has 0 spiro atoms. The molecule has 0 aliphatic rings. The summed E-state index contributed by atoms with van der Waals surface area (Å²) in [5.41, 5.74) is 1.70. The first-order valence-corrected chi connectivity index (χ1v) is 9.58. The fourth-order valence-corrected chi connectivity index (χ4v) is 10.3. The maximum absolute atomic E-state index is 12.7. The Hall–Kier alpha value is -0.113. The lowest BCUT2D eigenvalue weighted by Gasteiger charge is -2.41. The summed E-state index contributed by atoms with van der Waals surface area (Å²) in [6.07, 6.45) is 4.32. The lowest BCUT2D eigenvalue weighted by atomic mass is 10.2. The maximum atomic E-state index is 12.7. The Morgan fingerprint density at radius 1 is 0.882 bits per heavy atom. The van der Waals surface area contributed by atoms with Gasteiger partial charge in [-0.1, -0.05) is 61.3 Å². The number of carbonyl (C=O) groups is 1. The van der Waals surface area contributed by atoms with Crippen molar-refractivity contribution in [1.29, 1.82) is 0 Å². The van der Waals surface area contributed by atoms with E-state index in [1.165, 1.54) is 12.8 Å². The highest BCUT2D eigenvalue weighted by molar-refractivity contribution is 7.08. The van der Waals surface area contributed by atoms with E-state index < -0.39 is 8.07 Å². The molecule has 0 bridgehead atoms. The van der Waals surface area contributed by atoms with Crippen LogP contribution in [-0.2, 0) is 4.79 Å². The van der Waals surface area contributed by atoms with Crippen molar-refractivity contribution < 1.29 is 4.79 Å². The van der Waals surface area contributed by atoms with Gasteiger partial charge in [-0.05, 0) is 23.0 Å². The summed E-state index contributed by atoms with van der Waals surface area (Å²) in [4.78, 5) is 12.7. The Kier molecular flexibility index (Phi) is 7.30. The molecule has 0 saturated heterocycles. The fraction of sp³-hybridized carbons (Fsp3) is 0.933. The van der Waals surface area contributed by atoms with Crippen LogP contribution in [0.3, 0.4) is 0 Å². The molecule has 0 unspecified atom stereocenters. The molecule has 0 aliphatic heterocycles. The molecule has 0 N–H and O–H groups in total. The number of unbranched alkanes of at least 4 members (excludes halogenated alkanes) is 2. The number of hydrogen-bond donors (Lipinski definition) is 0. The molecule has 0 rings (SSSR count). The minimum absolute atomic E-state index is 0.566. The Balaban J connectivity index is 4.96. The van der Waals surface area contributed by atoms with E-state index in [9.17, 15) is 4.79 Å². The lowest BCUT2D eigenvalue weighted by Crippen LogP contribution is -2.52. The minimum Gasteiger partial charge on any atom is -0.305 e. The molecule has 0 aromatic carbocycles. The lowest BCUT2D eigenvalue weighted by molar-refractivity contribution is -0.113. The monoisotopic (exact) mass is 256 g/mol. The van der Waals surface area contributed by atoms with Gasteiger partial charge in [-0.25, -0.2) is 0 Å². The third-order valence-electron chi connectivity index (χ3n) is 4.36. The molecule has 0 saturated carbocycles. The van der Waals surface area contributed by atoms with Gasteiger partial charge in [0, 0.05) is 6.42 Å². The van der Waals surface area contributed by atoms with Crippen LogP contribution in [0.1, 0.15) is 74.1 Å². The number of carbonyl (C=O) groups excluding carboxylic acids is 1. The van der Waals surface area contributed by atoms with Gasteiger partial charge in [0.25, 0.3) is 0 Å². The Morgan fingerprint density at radius 3 is 1.59 bits per heavy atom. The average Bonchev–Trinajstić information content (AvgIpc) is 2.16. The van der Waals surface area contributed by atoms with Crippen LogP contribution < -0.4 is 0 Å². The van der Waals surface area contributed by atoms with E-state index in [4.69, 9.17) is 0 Å². The van der Waals surface area contributed by atoms with Gasteiger partial charge in [-0.2, -0.15) is 0 Å². The summed E-state index contributed by atoms with van der Waals surface area (Å²) >= 11 is 0. The van der Waals surface area contributed by atoms with E-state index in [0.29, 0.717) is 22.0 Å². The highest BCUT2D eigenvalue weighted by Crippen LogP contribution is 2.42. The zero-order valence-corrected chi connectivity index (χ0v) is 14.0. The van der Waals surface area contributed by atoms with Crippen LogP contribution >= 0.6 is 0 Å². The highest BCUT2D eigenvalue weighted by atomic mass is 28.3.